The van der Waals surface area contributed by atoms with E-state index in [0.29, 0.717) is 24.5 Å². The van der Waals surface area contributed by atoms with Crippen molar-refractivity contribution in [2.24, 2.45) is 11.3 Å². The highest BCUT2D eigenvalue weighted by Crippen LogP contribution is 2.43. The van der Waals surface area contributed by atoms with E-state index in [2.05, 4.69) is 10.3 Å². The van der Waals surface area contributed by atoms with Gasteiger partial charge in [-0.25, -0.2) is 0 Å². The number of rotatable bonds is 4. The molecular formula is C17H26ClN3O4. The number of methoxy groups -OCH3 is 2. The number of hydrogen-bond acceptors (Lipinski definition) is 6. The van der Waals surface area contributed by atoms with Crippen LogP contribution < -0.4 is 14.8 Å². The number of carbonyl (C=O) groups excluding carboxylic acids is 1. The first-order valence-corrected chi connectivity index (χ1v) is 8.33. The molecule has 0 aliphatic carbocycles. The number of piperidine rings is 1. The highest BCUT2D eigenvalue weighted by Gasteiger charge is 2.48. The summed E-state index contributed by atoms with van der Waals surface area (Å²) in [6.45, 7) is 3.23. The first kappa shape index (κ1) is 19.8. The molecule has 0 radical (unpaired) electrons. The maximum atomic E-state index is 13.0. The number of ether oxygens (including phenoxy) is 2. The lowest BCUT2D eigenvalue weighted by molar-refractivity contribution is 0.0751. The lowest BCUT2D eigenvalue weighted by Crippen LogP contribution is -2.43. The fourth-order valence-electron chi connectivity index (χ4n) is 3.96. The molecule has 1 aromatic heterocycles. The topological polar surface area (TPSA) is 83.9 Å². The van der Waals surface area contributed by atoms with Gasteiger partial charge in [-0.1, -0.05) is 0 Å². The number of aliphatic hydroxyl groups is 1. The third-order valence-corrected chi connectivity index (χ3v) is 5.39. The summed E-state index contributed by atoms with van der Waals surface area (Å²) >= 11 is 0. The molecule has 1 unspecified atom stereocenters. The number of aromatic nitrogens is 1. The van der Waals surface area contributed by atoms with Crippen molar-refractivity contribution in [3.63, 3.8) is 0 Å². The van der Waals surface area contributed by atoms with Crippen LogP contribution in [-0.2, 0) is 0 Å². The van der Waals surface area contributed by atoms with Crippen molar-refractivity contribution >= 4 is 18.3 Å². The lowest BCUT2D eigenvalue weighted by Gasteiger charge is -2.37. The minimum Gasteiger partial charge on any atom is -0.481 e. The molecule has 1 atom stereocenters. The molecule has 140 valence electrons. The number of nitrogens with one attached hydrogen (secondary N) is 1. The second-order valence-electron chi connectivity index (χ2n) is 6.59. The van der Waals surface area contributed by atoms with Crippen LogP contribution in [0.4, 0.5) is 0 Å². The van der Waals surface area contributed by atoms with E-state index in [9.17, 15) is 9.90 Å². The Morgan fingerprint density at radius 1 is 1.36 bits per heavy atom. The van der Waals surface area contributed by atoms with Crippen LogP contribution in [0.1, 0.15) is 23.2 Å². The van der Waals surface area contributed by atoms with E-state index in [-0.39, 0.29) is 42.1 Å². The Labute approximate surface area is 154 Å². The summed E-state index contributed by atoms with van der Waals surface area (Å²) in [5, 5.41) is 13.2. The molecule has 0 aromatic carbocycles. The fraction of sp³-hybridized carbons (Fsp3) is 0.647. The van der Waals surface area contributed by atoms with Gasteiger partial charge in [0.05, 0.1) is 14.2 Å². The molecule has 0 bridgehead atoms. The molecule has 2 fully saturated rings. The number of amides is 1. The lowest BCUT2D eigenvalue weighted by atomic mass is 9.71. The van der Waals surface area contributed by atoms with Crippen LogP contribution in [0.2, 0.25) is 0 Å². The van der Waals surface area contributed by atoms with Gasteiger partial charge in [-0.3, -0.25) is 4.79 Å². The first-order valence-electron chi connectivity index (χ1n) is 8.33. The van der Waals surface area contributed by atoms with Crippen LogP contribution in [0.3, 0.4) is 0 Å². The number of likely N-dealkylation sites (tertiary alicyclic amines) is 1. The number of pyridine rings is 1. The first-order chi connectivity index (χ1) is 11.6. The average molecular weight is 372 g/mol. The summed E-state index contributed by atoms with van der Waals surface area (Å²) in [5.74, 6) is 0.704. The molecule has 8 heteroatoms. The molecule has 2 aliphatic heterocycles. The standard InChI is InChI=1S/C17H25N3O4.ClH/c1-23-14-4-3-13(15(19-14)24-2)16(22)20-9-12(10-21)17(11-20)5-7-18-8-6-17;/h3-4,12,18,21H,5-11H2,1-2H3;1H. The third-order valence-electron chi connectivity index (χ3n) is 5.39. The largest absolute Gasteiger partial charge is 0.481 e. The molecular weight excluding hydrogens is 346 g/mol. The Hall–Kier alpha value is -1.57. The van der Waals surface area contributed by atoms with Gasteiger partial charge in [0.15, 0.2) is 0 Å². The van der Waals surface area contributed by atoms with Crippen LogP contribution >= 0.6 is 12.4 Å². The summed E-state index contributed by atoms with van der Waals surface area (Å²) in [6.07, 6.45) is 1.97. The Bertz CT molecular complexity index is 608. The molecule has 3 heterocycles. The number of carbonyl (C=O) groups is 1. The van der Waals surface area contributed by atoms with Crippen LogP contribution in [-0.4, -0.2) is 67.9 Å². The van der Waals surface area contributed by atoms with E-state index >= 15 is 0 Å². The quantitative estimate of drug-likeness (QED) is 0.820. The maximum absolute atomic E-state index is 13.0. The van der Waals surface area contributed by atoms with Gasteiger partial charge >= 0.3 is 0 Å². The Balaban J connectivity index is 0.00000225. The van der Waals surface area contributed by atoms with Crippen molar-refractivity contribution in [3.8, 4) is 11.8 Å². The molecule has 1 spiro atoms. The van der Waals surface area contributed by atoms with Crippen LogP contribution in [0.15, 0.2) is 12.1 Å². The van der Waals surface area contributed by atoms with Crippen LogP contribution in [0.5, 0.6) is 11.8 Å². The van der Waals surface area contributed by atoms with E-state index in [1.54, 1.807) is 12.1 Å². The summed E-state index contributed by atoms with van der Waals surface area (Å²) in [7, 11) is 3.02. The van der Waals surface area contributed by atoms with E-state index in [4.69, 9.17) is 9.47 Å². The fourth-order valence-corrected chi connectivity index (χ4v) is 3.96. The van der Waals surface area contributed by atoms with Gasteiger partial charge in [0.25, 0.3) is 5.91 Å². The van der Waals surface area contributed by atoms with Gasteiger partial charge in [0.2, 0.25) is 11.8 Å². The predicted octanol–water partition coefficient (Wildman–Crippen LogP) is 0.955. The van der Waals surface area contributed by atoms with Crippen LogP contribution in [0, 0.1) is 11.3 Å². The van der Waals surface area contributed by atoms with E-state index in [1.807, 2.05) is 4.90 Å². The van der Waals surface area contributed by atoms with Gasteiger partial charge in [-0.15, -0.1) is 12.4 Å². The molecule has 0 saturated carbocycles. The van der Waals surface area contributed by atoms with Crippen LogP contribution in [0.25, 0.3) is 0 Å². The zero-order chi connectivity index (χ0) is 17.2. The van der Waals surface area contributed by atoms with Gasteiger partial charge in [-0.05, 0) is 37.4 Å². The Morgan fingerprint density at radius 2 is 2.08 bits per heavy atom. The van der Waals surface area contributed by atoms with E-state index < -0.39 is 0 Å². The van der Waals surface area contributed by atoms with Crippen molar-refractivity contribution in [1.82, 2.24) is 15.2 Å². The average Bonchev–Trinajstić information content (AvgIpc) is 2.98. The molecule has 25 heavy (non-hydrogen) atoms. The summed E-state index contributed by atoms with van der Waals surface area (Å²) < 4.78 is 10.3. The normalized spacial score (nSPS) is 21.7. The molecule has 2 N–H and O–H groups in total. The highest BCUT2D eigenvalue weighted by molar-refractivity contribution is 5.96. The van der Waals surface area contributed by atoms with Crippen molar-refractivity contribution < 1.29 is 19.4 Å². The molecule has 1 amide bonds. The van der Waals surface area contributed by atoms with E-state index in [1.165, 1.54) is 14.2 Å². The van der Waals surface area contributed by atoms with Crippen molar-refractivity contribution in [2.75, 3.05) is 47.0 Å². The van der Waals surface area contributed by atoms with Gasteiger partial charge in [0, 0.05) is 31.7 Å². The maximum Gasteiger partial charge on any atom is 0.259 e. The minimum atomic E-state index is -0.101. The second kappa shape index (κ2) is 8.21. The molecule has 2 saturated heterocycles. The number of halogens is 1. The molecule has 7 nitrogen and oxygen atoms in total. The summed E-state index contributed by atoms with van der Waals surface area (Å²) in [4.78, 5) is 19.0. The smallest absolute Gasteiger partial charge is 0.259 e. The van der Waals surface area contributed by atoms with Gasteiger partial charge in [-0.2, -0.15) is 4.98 Å². The Morgan fingerprint density at radius 3 is 2.68 bits per heavy atom. The third kappa shape index (κ3) is 3.68. The van der Waals surface area contributed by atoms with Gasteiger partial charge in [0.1, 0.15) is 5.56 Å². The zero-order valence-electron chi connectivity index (χ0n) is 14.7. The van der Waals surface area contributed by atoms with E-state index in [0.717, 1.165) is 25.9 Å². The molecule has 2 aliphatic rings. The SMILES string of the molecule is COc1ccc(C(=O)N2CC(CO)C3(CCNCC3)C2)c(OC)n1.Cl. The monoisotopic (exact) mass is 371 g/mol. The number of hydrogen-bond donors (Lipinski definition) is 2. The number of aliphatic hydroxyl groups excluding tert-OH is 1. The minimum absolute atomic E-state index is 0. The summed E-state index contributed by atoms with van der Waals surface area (Å²) in [5.41, 5.74) is 0.448. The Kier molecular flexibility index (Phi) is 6.48. The number of nitrogens with zero attached hydrogens (tertiary/aromatic N) is 2. The van der Waals surface area contributed by atoms with Crippen molar-refractivity contribution in [3.05, 3.63) is 17.7 Å². The second-order valence-corrected chi connectivity index (χ2v) is 6.59. The molecule has 1 aromatic rings. The summed E-state index contributed by atoms with van der Waals surface area (Å²) in [6, 6.07) is 3.35. The predicted molar refractivity (Wildman–Crippen MR) is 95.6 cm³/mol. The molecule has 3 rings (SSSR count). The van der Waals surface area contributed by atoms with Crippen molar-refractivity contribution in [2.45, 2.75) is 12.8 Å². The van der Waals surface area contributed by atoms with Crippen molar-refractivity contribution in [1.29, 1.82) is 0 Å². The van der Waals surface area contributed by atoms with Gasteiger partial charge < -0.3 is 24.8 Å². The zero-order valence-corrected chi connectivity index (χ0v) is 15.5. The highest BCUT2D eigenvalue weighted by atomic mass is 35.5.